The van der Waals surface area contributed by atoms with Crippen LogP contribution < -0.4 is 14.8 Å². The summed E-state index contributed by atoms with van der Waals surface area (Å²) in [6.07, 6.45) is 0. The molecule has 0 saturated heterocycles. The molecule has 5 nitrogen and oxygen atoms in total. The summed E-state index contributed by atoms with van der Waals surface area (Å²) in [6.45, 7) is 3.70. The average molecular weight is 376 g/mol. The number of hydrogen-bond donors (Lipinski definition) is 1. The van der Waals surface area contributed by atoms with Gasteiger partial charge in [0.05, 0.1) is 6.04 Å². The molecule has 4 rings (SSSR count). The number of nitrogens with zero attached hydrogens (tertiary/aromatic N) is 1. The number of carbonyl (C=O) groups is 1. The van der Waals surface area contributed by atoms with Crippen molar-refractivity contribution in [3.8, 4) is 11.5 Å². The minimum Gasteiger partial charge on any atom is -0.486 e. The molecule has 0 bridgehead atoms. The highest BCUT2D eigenvalue weighted by molar-refractivity contribution is 5.97. The lowest BCUT2D eigenvalue weighted by Crippen LogP contribution is -2.39. The lowest BCUT2D eigenvalue weighted by molar-refractivity contribution is -0.120. The van der Waals surface area contributed by atoms with Crippen molar-refractivity contribution < 1.29 is 14.3 Å². The van der Waals surface area contributed by atoms with E-state index in [4.69, 9.17) is 9.47 Å². The SMILES string of the molecule is C[C@H](C(=O)Nc1ccc2ccccc2c1)N(C)Cc1ccc2c(c1)OCCO2. The normalized spacial score (nSPS) is 14.1. The van der Waals surface area contributed by atoms with Crippen LogP contribution in [-0.2, 0) is 11.3 Å². The number of likely N-dealkylation sites (N-methyl/N-ethyl adjacent to an activating group) is 1. The predicted molar refractivity (Wildman–Crippen MR) is 111 cm³/mol. The minimum atomic E-state index is -0.278. The summed E-state index contributed by atoms with van der Waals surface area (Å²) in [5.41, 5.74) is 1.89. The van der Waals surface area contributed by atoms with Gasteiger partial charge < -0.3 is 14.8 Å². The Labute approximate surface area is 164 Å². The molecule has 0 aromatic heterocycles. The van der Waals surface area contributed by atoms with Crippen molar-refractivity contribution in [2.24, 2.45) is 0 Å². The van der Waals surface area contributed by atoms with E-state index in [1.54, 1.807) is 0 Å². The quantitative estimate of drug-likeness (QED) is 0.729. The molecule has 0 aliphatic carbocycles. The molecule has 3 aromatic rings. The summed E-state index contributed by atoms with van der Waals surface area (Å²) in [7, 11) is 1.95. The molecule has 144 valence electrons. The van der Waals surface area contributed by atoms with Crippen LogP contribution in [0.3, 0.4) is 0 Å². The average Bonchev–Trinajstić information content (AvgIpc) is 2.73. The summed E-state index contributed by atoms with van der Waals surface area (Å²) in [4.78, 5) is 14.7. The Morgan fingerprint density at radius 1 is 1.00 bits per heavy atom. The number of nitrogens with one attached hydrogen (secondary N) is 1. The molecule has 1 aliphatic rings. The number of hydrogen-bond acceptors (Lipinski definition) is 4. The van der Waals surface area contributed by atoms with E-state index in [0.717, 1.165) is 33.5 Å². The van der Waals surface area contributed by atoms with E-state index in [-0.39, 0.29) is 11.9 Å². The first-order valence-corrected chi connectivity index (χ1v) is 9.48. The molecular weight excluding hydrogens is 352 g/mol. The zero-order valence-electron chi connectivity index (χ0n) is 16.1. The van der Waals surface area contributed by atoms with Crippen LogP contribution in [0.25, 0.3) is 10.8 Å². The monoisotopic (exact) mass is 376 g/mol. The summed E-state index contributed by atoms with van der Waals surface area (Å²) in [5, 5.41) is 5.29. The Balaban J connectivity index is 1.41. The summed E-state index contributed by atoms with van der Waals surface area (Å²) < 4.78 is 11.2. The second-order valence-corrected chi connectivity index (χ2v) is 7.12. The number of rotatable bonds is 5. The van der Waals surface area contributed by atoms with Gasteiger partial charge in [-0.3, -0.25) is 9.69 Å². The standard InChI is InChI=1S/C23H24N2O3/c1-16(23(26)24-20-9-8-18-5-3-4-6-19(18)14-20)25(2)15-17-7-10-21-22(13-17)28-12-11-27-21/h3-10,13-14,16H,11-12,15H2,1-2H3,(H,24,26)/t16-/m1/s1. The highest BCUT2D eigenvalue weighted by atomic mass is 16.6. The predicted octanol–water partition coefficient (Wildman–Crippen LogP) is 4.07. The molecule has 0 fully saturated rings. The third-order valence-corrected chi connectivity index (χ3v) is 5.10. The van der Waals surface area contributed by atoms with Gasteiger partial charge in [0.2, 0.25) is 5.91 Å². The minimum absolute atomic E-state index is 0.0321. The third kappa shape index (κ3) is 3.94. The largest absolute Gasteiger partial charge is 0.486 e. The Morgan fingerprint density at radius 3 is 2.57 bits per heavy atom. The van der Waals surface area contributed by atoms with E-state index in [0.29, 0.717) is 19.8 Å². The highest BCUT2D eigenvalue weighted by Gasteiger charge is 2.19. The van der Waals surface area contributed by atoms with Gasteiger partial charge in [-0.05, 0) is 54.6 Å². The molecule has 0 spiro atoms. The van der Waals surface area contributed by atoms with Gasteiger partial charge in [-0.1, -0.05) is 36.4 Å². The van der Waals surface area contributed by atoms with Gasteiger partial charge in [0.1, 0.15) is 13.2 Å². The van der Waals surface area contributed by atoms with Crippen LogP contribution in [0.5, 0.6) is 11.5 Å². The second kappa shape index (κ2) is 7.90. The highest BCUT2D eigenvalue weighted by Crippen LogP contribution is 2.31. The fourth-order valence-corrected chi connectivity index (χ4v) is 3.32. The van der Waals surface area contributed by atoms with E-state index in [9.17, 15) is 4.79 Å². The number of ether oxygens (including phenoxy) is 2. The maximum atomic E-state index is 12.7. The smallest absolute Gasteiger partial charge is 0.241 e. The summed E-state index contributed by atoms with van der Waals surface area (Å²) in [5.74, 6) is 1.51. The first kappa shape index (κ1) is 18.3. The zero-order chi connectivity index (χ0) is 19.5. The summed E-state index contributed by atoms with van der Waals surface area (Å²) >= 11 is 0. The first-order valence-electron chi connectivity index (χ1n) is 9.48. The van der Waals surface area contributed by atoms with Crippen LogP contribution in [0, 0.1) is 0 Å². The van der Waals surface area contributed by atoms with Crippen molar-refractivity contribution in [1.29, 1.82) is 0 Å². The van der Waals surface area contributed by atoms with Crippen LogP contribution in [0.2, 0.25) is 0 Å². The molecule has 1 aliphatic heterocycles. The second-order valence-electron chi connectivity index (χ2n) is 7.12. The molecule has 1 amide bonds. The fourth-order valence-electron chi connectivity index (χ4n) is 3.32. The van der Waals surface area contributed by atoms with Crippen molar-refractivity contribution in [2.75, 3.05) is 25.6 Å². The van der Waals surface area contributed by atoms with E-state index >= 15 is 0 Å². The molecule has 0 unspecified atom stereocenters. The van der Waals surface area contributed by atoms with Crippen LogP contribution in [-0.4, -0.2) is 37.1 Å². The maximum absolute atomic E-state index is 12.7. The molecular formula is C23H24N2O3. The third-order valence-electron chi connectivity index (χ3n) is 5.10. The fraction of sp³-hybridized carbons (Fsp3) is 0.261. The van der Waals surface area contributed by atoms with Gasteiger partial charge in [-0.25, -0.2) is 0 Å². The van der Waals surface area contributed by atoms with Crippen LogP contribution in [0.15, 0.2) is 60.7 Å². The van der Waals surface area contributed by atoms with Crippen molar-refractivity contribution >= 4 is 22.4 Å². The first-order chi connectivity index (χ1) is 13.6. The number of amides is 1. The molecule has 1 atom stereocenters. The molecule has 3 aromatic carbocycles. The Hall–Kier alpha value is -3.05. The Bertz CT molecular complexity index is 1000. The van der Waals surface area contributed by atoms with E-state index < -0.39 is 0 Å². The lowest BCUT2D eigenvalue weighted by atomic mass is 10.1. The molecule has 0 radical (unpaired) electrons. The molecule has 28 heavy (non-hydrogen) atoms. The van der Waals surface area contributed by atoms with E-state index in [2.05, 4.69) is 11.4 Å². The number of benzene rings is 3. The topological polar surface area (TPSA) is 50.8 Å². The lowest BCUT2D eigenvalue weighted by Gasteiger charge is -2.25. The van der Waals surface area contributed by atoms with Gasteiger partial charge in [0.25, 0.3) is 0 Å². The summed E-state index contributed by atoms with van der Waals surface area (Å²) in [6, 6.07) is 19.7. The Morgan fingerprint density at radius 2 is 1.75 bits per heavy atom. The van der Waals surface area contributed by atoms with E-state index in [1.807, 2.05) is 73.5 Å². The van der Waals surface area contributed by atoms with Gasteiger partial charge >= 0.3 is 0 Å². The van der Waals surface area contributed by atoms with Crippen LogP contribution in [0.4, 0.5) is 5.69 Å². The van der Waals surface area contributed by atoms with Crippen molar-refractivity contribution in [2.45, 2.75) is 19.5 Å². The van der Waals surface area contributed by atoms with E-state index in [1.165, 1.54) is 0 Å². The van der Waals surface area contributed by atoms with Gasteiger partial charge in [0.15, 0.2) is 11.5 Å². The van der Waals surface area contributed by atoms with Gasteiger partial charge in [0, 0.05) is 12.2 Å². The molecule has 0 saturated carbocycles. The number of anilines is 1. The molecule has 1 N–H and O–H groups in total. The van der Waals surface area contributed by atoms with Crippen LogP contribution >= 0.6 is 0 Å². The van der Waals surface area contributed by atoms with Crippen molar-refractivity contribution in [3.63, 3.8) is 0 Å². The zero-order valence-corrected chi connectivity index (χ0v) is 16.1. The van der Waals surface area contributed by atoms with Crippen LogP contribution in [0.1, 0.15) is 12.5 Å². The Kier molecular flexibility index (Phi) is 5.17. The molecule has 1 heterocycles. The molecule has 5 heteroatoms. The van der Waals surface area contributed by atoms with Gasteiger partial charge in [-0.15, -0.1) is 0 Å². The maximum Gasteiger partial charge on any atom is 0.241 e. The number of fused-ring (bicyclic) bond motifs is 2. The van der Waals surface area contributed by atoms with Crippen molar-refractivity contribution in [1.82, 2.24) is 4.90 Å². The van der Waals surface area contributed by atoms with Gasteiger partial charge in [-0.2, -0.15) is 0 Å². The van der Waals surface area contributed by atoms with Crippen molar-refractivity contribution in [3.05, 3.63) is 66.2 Å². The number of carbonyl (C=O) groups excluding carboxylic acids is 1.